The summed E-state index contributed by atoms with van der Waals surface area (Å²) in [6, 6.07) is 0. The molecule has 4 aliphatic rings. The standard InChI is InChI=1S/C29H48O4/c1-17(2)8-7-9-18(3)22-10-11-23-26-24(31)15-20-14-21(33-19(4)30)12-13-28(20,5)27(26)25(32)16-29(22,23)6/h17-18,20-25,31-32H,7-16H2,1-6H3/t18-,20-,21+,22-,23+,24-,25-,28+,29-/m1/s1. The predicted octanol–water partition coefficient (Wildman–Crippen LogP) is 6.05. The first kappa shape index (κ1) is 25.2. The maximum atomic E-state index is 11.6. The summed E-state index contributed by atoms with van der Waals surface area (Å²) >= 11 is 0. The van der Waals surface area contributed by atoms with Gasteiger partial charge >= 0.3 is 5.97 Å². The average molecular weight is 461 g/mol. The lowest BCUT2D eigenvalue weighted by atomic mass is 9.49. The number of rotatable bonds is 6. The lowest BCUT2D eigenvalue weighted by Crippen LogP contribution is -2.53. The Morgan fingerprint density at radius 3 is 2.45 bits per heavy atom. The molecular formula is C29H48O4. The number of esters is 1. The van der Waals surface area contributed by atoms with Gasteiger partial charge in [-0.05, 0) is 96.5 Å². The number of carbonyl (C=O) groups is 1. The number of carbonyl (C=O) groups excluding carboxylic acids is 1. The van der Waals surface area contributed by atoms with E-state index in [0.29, 0.717) is 17.8 Å². The molecule has 0 amide bonds. The minimum atomic E-state index is -0.469. The molecule has 2 fully saturated rings. The highest BCUT2D eigenvalue weighted by molar-refractivity contribution is 5.66. The van der Waals surface area contributed by atoms with Crippen molar-refractivity contribution in [3.8, 4) is 0 Å². The van der Waals surface area contributed by atoms with Crippen LogP contribution in [0.25, 0.3) is 0 Å². The van der Waals surface area contributed by atoms with Crippen LogP contribution in [0.5, 0.6) is 0 Å². The van der Waals surface area contributed by atoms with Crippen molar-refractivity contribution in [2.45, 2.75) is 124 Å². The molecule has 4 rings (SSSR count). The molecular weight excluding hydrogens is 412 g/mol. The van der Waals surface area contributed by atoms with Crippen molar-refractivity contribution in [2.75, 3.05) is 0 Å². The Balaban J connectivity index is 1.59. The summed E-state index contributed by atoms with van der Waals surface area (Å²) in [7, 11) is 0. The molecule has 0 aromatic heterocycles. The second-order valence-corrected chi connectivity index (χ2v) is 13.0. The van der Waals surface area contributed by atoms with Gasteiger partial charge in [0.05, 0.1) is 12.2 Å². The predicted molar refractivity (Wildman–Crippen MR) is 131 cm³/mol. The molecule has 0 unspecified atom stereocenters. The van der Waals surface area contributed by atoms with Gasteiger partial charge in [-0.2, -0.15) is 0 Å². The molecule has 4 heteroatoms. The molecule has 0 saturated heterocycles. The number of aliphatic hydroxyl groups is 2. The van der Waals surface area contributed by atoms with Crippen molar-refractivity contribution in [3.05, 3.63) is 11.1 Å². The van der Waals surface area contributed by atoms with Gasteiger partial charge in [-0.1, -0.05) is 53.9 Å². The van der Waals surface area contributed by atoms with Crippen LogP contribution in [0.2, 0.25) is 0 Å². The Morgan fingerprint density at radius 1 is 1.06 bits per heavy atom. The molecule has 0 heterocycles. The molecule has 33 heavy (non-hydrogen) atoms. The van der Waals surface area contributed by atoms with Gasteiger partial charge in [0.1, 0.15) is 6.10 Å². The first-order chi connectivity index (χ1) is 15.5. The Bertz CT molecular complexity index is 772. The van der Waals surface area contributed by atoms with Crippen LogP contribution in [0.15, 0.2) is 11.1 Å². The van der Waals surface area contributed by atoms with E-state index in [1.807, 2.05) is 0 Å². The van der Waals surface area contributed by atoms with Crippen molar-refractivity contribution in [1.82, 2.24) is 0 Å². The first-order valence-corrected chi connectivity index (χ1v) is 13.7. The maximum absolute atomic E-state index is 11.6. The van der Waals surface area contributed by atoms with Gasteiger partial charge in [0.15, 0.2) is 0 Å². The molecule has 4 aliphatic carbocycles. The molecule has 0 spiro atoms. The maximum Gasteiger partial charge on any atom is 0.302 e. The van der Waals surface area contributed by atoms with Gasteiger partial charge in [0, 0.05) is 6.92 Å². The summed E-state index contributed by atoms with van der Waals surface area (Å²) in [4.78, 5) is 11.5. The van der Waals surface area contributed by atoms with Gasteiger partial charge in [-0.3, -0.25) is 4.79 Å². The largest absolute Gasteiger partial charge is 0.463 e. The summed E-state index contributed by atoms with van der Waals surface area (Å²) in [5.41, 5.74) is 2.36. The van der Waals surface area contributed by atoms with E-state index < -0.39 is 12.2 Å². The van der Waals surface area contributed by atoms with Crippen LogP contribution in [-0.2, 0) is 9.53 Å². The molecule has 2 N–H and O–H groups in total. The Morgan fingerprint density at radius 2 is 1.79 bits per heavy atom. The minimum absolute atomic E-state index is 0.0523. The molecule has 0 aromatic carbocycles. The summed E-state index contributed by atoms with van der Waals surface area (Å²) in [6.45, 7) is 13.3. The highest BCUT2D eigenvalue weighted by Crippen LogP contribution is 2.66. The van der Waals surface area contributed by atoms with Crippen LogP contribution in [0.4, 0.5) is 0 Å². The lowest BCUT2D eigenvalue weighted by Gasteiger charge is -2.57. The van der Waals surface area contributed by atoms with Gasteiger partial charge in [-0.15, -0.1) is 0 Å². The van der Waals surface area contributed by atoms with Crippen LogP contribution in [0, 0.1) is 40.4 Å². The minimum Gasteiger partial charge on any atom is -0.463 e. The van der Waals surface area contributed by atoms with Gasteiger partial charge in [-0.25, -0.2) is 0 Å². The van der Waals surface area contributed by atoms with Gasteiger partial charge < -0.3 is 14.9 Å². The molecule has 0 aromatic rings. The first-order valence-electron chi connectivity index (χ1n) is 13.7. The third-order valence-corrected chi connectivity index (χ3v) is 10.4. The lowest BCUT2D eigenvalue weighted by molar-refractivity contribution is -0.151. The van der Waals surface area contributed by atoms with Crippen molar-refractivity contribution in [2.24, 2.45) is 40.4 Å². The SMILES string of the molecule is CC(=O)O[C@H]1CC[C@]2(C)C3=C([C@H](O)C[C@H]2C1)[C@@H]1CC[C@H]([C@H](C)CCCC(C)C)[C@@]1(C)C[C@H]3O. The summed E-state index contributed by atoms with van der Waals surface area (Å²) in [5.74, 6) is 2.48. The van der Waals surface area contributed by atoms with E-state index in [2.05, 4.69) is 34.6 Å². The summed E-state index contributed by atoms with van der Waals surface area (Å²) in [5, 5.41) is 23.1. The van der Waals surface area contributed by atoms with E-state index in [1.165, 1.54) is 43.8 Å². The molecule has 0 bridgehead atoms. The van der Waals surface area contributed by atoms with Gasteiger partial charge in [0.25, 0.3) is 0 Å². The van der Waals surface area contributed by atoms with Crippen LogP contribution in [0.3, 0.4) is 0 Å². The number of fused-ring (bicyclic) bond motifs is 4. The second kappa shape index (κ2) is 9.30. The molecule has 2 saturated carbocycles. The topological polar surface area (TPSA) is 66.8 Å². The third kappa shape index (κ3) is 4.44. The van der Waals surface area contributed by atoms with E-state index >= 15 is 0 Å². The normalized spacial score (nSPS) is 43.7. The average Bonchev–Trinajstić information content (AvgIpc) is 3.04. The van der Waals surface area contributed by atoms with E-state index in [9.17, 15) is 15.0 Å². The van der Waals surface area contributed by atoms with Crippen molar-refractivity contribution < 1.29 is 19.7 Å². The fourth-order valence-corrected chi connectivity index (χ4v) is 8.88. The zero-order valence-electron chi connectivity index (χ0n) is 21.9. The van der Waals surface area contributed by atoms with Gasteiger partial charge in [0.2, 0.25) is 0 Å². The van der Waals surface area contributed by atoms with E-state index in [4.69, 9.17) is 4.74 Å². The number of hydrogen-bond donors (Lipinski definition) is 2. The molecule has 188 valence electrons. The molecule has 0 aliphatic heterocycles. The quantitative estimate of drug-likeness (QED) is 0.374. The third-order valence-electron chi connectivity index (χ3n) is 10.4. The van der Waals surface area contributed by atoms with Crippen molar-refractivity contribution in [1.29, 1.82) is 0 Å². The van der Waals surface area contributed by atoms with Crippen molar-refractivity contribution >= 4 is 5.97 Å². The summed E-state index contributed by atoms with van der Waals surface area (Å²) in [6.07, 6.45) is 9.38. The monoisotopic (exact) mass is 460 g/mol. The van der Waals surface area contributed by atoms with Crippen LogP contribution >= 0.6 is 0 Å². The fourth-order valence-electron chi connectivity index (χ4n) is 8.88. The Hall–Kier alpha value is -0.870. The van der Waals surface area contributed by atoms with E-state index in [-0.39, 0.29) is 28.8 Å². The molecule has 9 atom stereocenters. The van der Waals surface area contributed by atoms with Crippen LogP contribution in [-0.4, -0.2) is 34.5 Å². The summed E-state index contributed by atoms with van der Waals surface area (Å²) < 4.78 is 5.56. The fraction of sp³-hybridized carbons (Fsp3) is 0.897. The smallest absolute Gasteiger partial charge is 0.302 e. The number of hydrogen-bond acceptors (Lipinski definition) is 4. The van der Waals surface area contributed by atoms with Crippen LogP contribution in [0.1, 0.15) is 106 Å². The van der Waals surface area contributed by atoms with E-state index in [0.717, 1.165) is 44.4 Å². The highest BCUT2D eigenvalue weighted by Gasteiger charge is 2.60. The second-order valence-electron chi connectivity index (χ2n) is 13.0. The Kier molecular flexibility index (Phi) is 7.11. The number of ether oxygens (including phenoxy) is 1. The highest BCUT2D eigenvalue weighted by atomic mass is 16.5. The van der Waals surface area contributed by atoms with E-state index in [1.54, 1.807) is 0 Å². The zero-order chi connectivity index (χ0) is 24.1. The number of aliphatic hydroxyl groups excluding tert-OH is 2. The Labute approximate surface area is 201 Å². The molecule has 4 nitrogen and oxygen atoms in total. The zero-order valence-corrected chi connectivity index (χ0v) is 21.9. The molecule has 0 radical (unpaired) electrons. The van der Waals surface area contributed by atoms with Crippen molar-refractivity contribution in [3.63, 3.8) is 0 Å². The van der Waals surface area contributed by atoms with Crippen LogP contribution < -0.4 is 0 Å².